The van der Waals surface area contributed by atoms with Gasteiger partial charge in [-0.15, -0.1) is 11.3 Å². The lowest BCUT2D eigenvalue weighted by Crippen LogP contribution is -1.99. The molecule has 0 bridgehead atoms. The largest absolute Gasteiger partial charge is 0.378 e. The number of nitrogens with zero attached hydrogens (tertiary/aromatic N) is 3. The van der Waals surface area contributed by atoms with E-state index in [1.54, 1.807) is 29.9 Å². The summed E-state index contributed by atoms with van der Waals surface area (Å²) in [5.74, 6) is 0. The normalized spacial score (nSPS) is 10.3. The second-order valence-electron chi connectivity index (χ2n) is 3.95. The molecule has 3 heterocycles. The Hall–Kier alpha value is -2.27. The van der Waals surface area contributed by atoms with Crippen molar-refractivity contribution in [3.8, 4) is 10.7 Å². The van der Waals surface area contributed by atoms with Gasteiger partial charge in [0, 0.05) is 24.0 Å². The van der Waals surface area contributed by atoms with Crippen molar-refractivity contribution in [1.29, 1.82) is 0 Å². The topological polar surface area (TPSA) is 50.7 Å². The Bertz CT molecular complexity index is 637. The molecule has 0 aliphatic rings. The van der Waals surface area contributed by atoms with Crippen LogP contribution in [-0.2, 0) is 6.54 Å². The van der Waals surface area contributed by atoms with Gasteiger partial charge < -0.3 is 5.32 Å². The van der Waals surface area contributed by atoms with Crippen LogP contribution in [-0.4, -0.2) is 15.0 Å². The molecule has 0 atom stereocenters. The van der Waals surface area contributed by atoms with E-state index in [1.165, 1.54) is 0 Å². The van der Waals surface area contributed by atoms with E-state index >= 15 is 0 Å². The minimum Gasteiger partial charge on any atom is -0.378 e. The van der Waals surface area contributed by atoms with E-state index in [0.29, 0.717) is 6.54 Å². The second-order valence-corrected chi connectivity index (χ2v) is 4.81. The average Bonchev–Trinajstić information content (AvgIpc) is 2.96. The summed E-state index contributed by atoms with van der Waals surface area (Å²) in [5.41, 5.74) is 2.92. The molecule has 0 saturated heterocycles. The Morgan fingerprint density at radius 1 is 1.11 bits per heavy atom. The van der Waals surface area contributed by atoms with E-state index in [1.807, 2.05) is 35.7 Å². The van der Waals surface area contributed by atoms with E-state index in [4.69, 9.17) is 0 Å². The number of pyridine rings is 2. The summed E-state index contributed by atoms with van der Waals surface area (Å²) in [7, 11) is 0. The molecule has 0 spiro atoms. The van der Waals surface area contributed by atoms with E-state index in [0.717, 1.165) is 22.1 Å². The number of hydrogen-bond donors (Lipinski definition) is 1. The fraction of sp³-hybridized carbons (Fsp3) is 0.0714. The zero-order valence-corrected chi connectivity index (χ0v) is 11.0. The number of aromatic nitrogens is 3. The molecule has 5 heteroatoms. The molecular weight excluding hydrogens is 256 g/mol. The molecule has 0 saturated carbocycles. The van der Waals surface area contributed by atoms with Crippen LogP contribution in [0.15, 0.2) is 54.3 Å². The SMILES string of the molecule is c1ccc(-c2nc(CNc3cccnc3)cs2)nc1. The van der Waals surface area contributed by atoms with Gasteiger partial charge in [-0.3, -0.25) is 9.97 Å². The molecule has 0 fully saturated rings. The number of thiazole rings is 1. The quantitative estimate of drug-likeness (QED) is 0.789. The third-order valence-electron chi connectivity index (χ3n) is 2.57. The second kappa shape index (κ2) is 5.58. The first kappa shape index (κ1) is 11.8. The summed E-state index contributed by atoms with van der Waals surface area (Å²) in [6.07, 6.45) is 5.34. The summed E-state index contributed by atoms with van der Waals surface area (Å²) < 4.78 is 0. The predicted molar refractivity (Wildman–Crippen MR) is 76.9 cm³/mol. The van der Waals surface area contributed by atoms with Crippen LogP contribution in [0.25, 0.3) is 10.7 Å². The highest BCUT2D eigenvalue weighted by molar-refractivity contribution is 7.13. The van der Waals surface area contributed by atoms with Gasteiger partial charge in [0.15, 0.2) is 0 Å². The Kier molecular flexibility index (Phi) is 3.47. The molecule has 0 unspecified atom stereocenters. The van der Waals surface area contributed by atoms with Gasteiger partial charge in [0.2, 0.25) is 0 Å². The lowest BCUT2D eigenvalue weighted by Gasteiger charge is -2.02. The van der Waals surface area contributed by atoms with Gasteiger partial charge in [-0.05, 0) is 24.3 Å². The maximum absolute atomic E-state index is 4.57. The first-order valence-electron chi connectivity index (χ1n) is 5.91. The molecular formula is C14H12N4S. The molecule has 0 aromatic carbocycles. The predicted octanol–water partition coefficient (Wildman–Crippen LogP) is 3.21. The Labute approximate surface area is 115 Å². The fourth-order valence-electron chi connectivity index (χ4n) is 1.66. The number of hydrogen-bond acceptors (Lipinski definition) is 5. The van der Waals surface area contributed by atoms with Crippen molar-refractivity contribution in [1.82, 2.24) is 15.0 Å². The van der Waals surface area contributed by atoms with Gasteiger partial charge in [0.1, 0.15) is 5.01 Å². The van der Waals surface area contributed by atoms with Crippen molar-refractivity contribution < 1.29 is 0 Å². The minimum atomic E-state index is 0.690. The average molecular weight is 268 g/mol. The van der Waals surface area contributed by atoms with Gasteiger partial charge in [0.25, 0.3) is 0 Å². The molecule has 1 N–H and O–H groups in total. The van der Waals surface area contributed by atoms with Crippen LogP contribution in [0.3, 0.4) is 0 Å². The van der Waals surface area contributed by atoms with Crippen molar-refractivity contribution in [2.45, 2.75) is 6.54 Å². The van der Waals surface area contributed by atoms with Crippen LogP contribution in [0.2, 0.25) is 0 Å². The monoisotopic (exact) mass is 268 g/mol. The molecule has 19 heavy (non-hydrogen) atoms. The van der Waals surface area contributed by atoms with E-state index in [-0.39, 0.29) is 0 Å². The summed E-state index contributed by atoms with van der Waals surface area (Å²) in [4.78, 5) is 12.9. The highest BCUT2D eigenvalue weighted by Gasteiger charge is 2.05. The van der Waals surface area contributed by atoms with Crippen molar-refractivity contribution in [2.24, 2.45) is 0 Å². The van der Waals surface area contributed by atoms with E-state index < -0.39 is 0 Å². The highest BCUT2D eigenvalue weighted by Crippen LogP contribution is 2.21. The van der Waals surface area contributed by atoms with Crippen LogP contribution >= 0.6 is 11.3 Å². The summed E-state index contributed by atoms with van der Waals surface area (Å²) in [6, 6.07) is 9.73. The Morgan fingerprint density at radius 2 is 2.11 bits per heavy atom. The number of nitrogens with one attached hydrogen (secondary N) is 1. The lowest BCUT2D eigenvalue weighted by molar-refractivity contribution is 1.07. The van der Waals surface area contributed by atoms with Crippen molar-refractivity contribution in [2.75, 3.05) is 5.32 Å². The third-order valence-corrected chi connectivity index (χ3v) is 3.48. The molecule has 3 aromatic heterocycles. The minimum absolute atomic E-state index is 0.690. The fourth-order valence-corrected chi connectivity index (χ4v) is 2.45. The first-order chi connectivity index (χ1) is 9.42. The maximum Gasteiger partial charge on any atom is 0.142 e. The Balaban J connectivity index is 1.69. The van der Waals surface area contributed by atoms with Crippen LogP contribution in [0, 0.1) is 0 Å². The maximum atomic E-state index is 4.57. The van der Waals surface area contributed by atoms with Gasteiger partial charge in [0.05, 0.1) is 23.6 Å². The van der Waals surface area contributed by atoms with Gasteiger partial charge >= 0.3 is 0 Å². The molecule has 0 amide bonds. The lowest BCUT2D eigenvalue weighted by atomic mass is 10.3. The molecule has 94 valence electrons. The third kappa shape index (κ3) is 2.95. The zero-order valence-electron chi connectivity index (χ0n) is 10.2. The smallest absolute Gasteiger partial charge is 0.142 e. The number of anilines is 1. The highest BCUT2D eigenvalue weighted by atomic mass is 32.1. The molecule has 3 aromatic rings. The zero-order chi connectivity index (χ0) is 12.9. The molecule has 0 aliphatic carbocycles. The summed E-state index contributed by atoms with van der Waals surface area (Å²) >= 11 is 1.61. The van der Waals surface area contributed by atoms with Gasteiger partial charge in [-0.25, -0.2) is 4.98 Å². The molecule has 4 nitrogen and oxygen atoms in total. The van der Waals surface area contributed by atoms with Crippen LogP contribution in [0.4, 0.5) is 5.69 Å². The standard InChI is InChI=1S/C14H12N4S/c1-2-7-16-13(5-1)14-18-12(10-19-14)9-17-11-4-3-6-15-8-11/h1-8,10,17H,9H2. The van der Waals surface area contributed by atoms with Crippen LogP contribution in [0.5, 0.6) is 0 Å². The van der Waals surface area contributed by atoms with E-state index in [2.05, 4.69) is 20.3 Å². The van der Waals surface area contributed by atoms with Crippen LogP contribution < -0.4 is 5.32 Å². The molecule has 0 aliphatic heterocycles. The molecule has 0 radical (unpaired) electrons. The Morgan fingerprint density at radius 3 is 2.89 bits per heavy atom. The van der Waals surface area contributed by atoms with Crippen molar-refractivity contribution in [3.05, 3.63) is 60.0 Å². The van der Waals surface area contributed by atoms with Crippen molar-refractivity contribution >= 4 is 17.0 Å². The van der Waals surface area contributed by atoms with Gasteiger partial charge in [-0.1, -0.05) is 6.07 Å². The van der Waals surface area contributed by atoms with Crippen molar-refractivity contribution in [3.63, 3.8) is 0 Å². The number of rotatable bonds is 4. The summed E-state index contributed by atoms with van der Waals surface area (Å²) in [6.45, 7) is 0.690. The van der Waals surface area contributed by atoms with E-state index in [9.17, 15) is 0 Å². The molecule has 3 rings (SSSR count). The van der Waals surface area contributed by atoms with Crippen LogP contribution in [0.1, 0.15) is 5.69 Å². The first-order valence-corrected chi connectivity index (χ1v) is 6.79. The summed E-state index contributed by atoms with van der Waals surface area (Å²) in [5, 5.41) is 6.28. The van der Waals surface area contributed by atoms with Gasteiger partial charge in [-0.2, -0.15) is 0 Å².